The maximum absolute atomic E-state index is 12.8. The van der Waals surface area contributed by atoms with Gasteiger partial charge in [0.2, 0.25) is 0 Å². The molecule has 29 heavy (non-hydrogen) atoms. The molecule has 1 N–H and O–H groups in total. The number of esters is 1. The maximum Gasteiger partial charge on any atom is 0.416 e. The van der Waals surface area contributed by atoms with Crippen molar-refractivity contribution in [1.29, 1.82) is 0 Å². The van der Waals surface area contributed by atoms with Gasteiger partial charge in [-0.3, -0.25) is 4.79 Å². The third-order valence-electron chi connectivity index (χ3n) is 4.10. The monoisotopic (exact) mass is 409 g/mol. The largest absolute Gasteiger partial charge is 0.479 e. The van der Waals surface area contributed by atoms with Gasteiger partial charge in [-0.15, -0.1) is 0 Å². The van der Waals surface area contributed by atoms with E-state index in [1.54, 1.807) is 13.8 Å². The third-order valence-corrected chi connectivity index (χ3v) is 4.10. The topological polar surface area (TPSA) is 64.6 Å². The van der Waals surface area contributed by atoms with Crippen molar-refractivity contribution in [3.63, 3.8) is 0 Å². The van der Waals surface area contributed by atoms with Crippen LogP contribution in [0.2, 0.25) is 0 Å². The fourth-order valence-electron chi connectivity index (χ4n) is 2.29. The Bertz CT molecular complexity index is 850. The van der Waals surface area contributed by atoms with Crippen molar-refractivity contribution < 1.29 is 32.2 Å². The van der Waals surface area contributed by atoms with Crippen LogP contribution in [0.1, 0.15) is 43.1 Å². The fourth-order valence-corrected chi connectivity index (χ4v) is 2.29. The normalized spacial score (nSPS) is 13.3. The number of carbonyl (C=O) groups is 2. The lowest BCUT2D eigenvalue weighted by atomic mass is 10.1. The number of hydrogen-bond donors (Lipinski definition) is 1. The molecule has 0 radical (unpaired) electrons. The molecule has 5 nitrogen and oxygen atoms in total. The van der Waals surface area contributed by atoms with E-state index in [0.29, 0.717) is 12.2 Å². The van der Waals surface area contributed by atoms with Crippen molar-refractivity contribution in [3.8, 4) is 5.75 Å². The molecular formula is C21H22F3NO4. The molecule has 156 valence electrons. The molecular weight excluding hydrogens is 387 g/mol. The van der Waals surface area contributed by atoms with Crippen LogP contribution in [0.3, 0.4) is 0 Å². The lowest BCUT2D eigenvalue weighted by molar-refractivity contribution is -0.155. The molecule has 0 aliphatic rings. The molecule has 2 aromatic carbocycles. The molecule has 8 heteroatoms. The summed E-state index contributed by atoms with van der Waals surface area (Å²) in [7, 11) is 0. The predicted octanol–water partition coefficient (Wildman–Crippen LogP) is 5.07. The Morgan fingerprint density at radius 3 is 2.31 bits per heavy atom. The number of nitrogens with one attached hydrogen (secondary N) is 1. The first kappa shape index (κ1) is 22.3. The van der Waals surface area contributed by atoms with Crippen LogP contribution in [0.25, 0.3) is 0 Å². The summed E-state index contributed by atoms with van der Waals surface area (Å²) in [4.78, 5) is 24.2. The Labute approximate surface area is 166 Å². The number of hydrogen-bond acceptors (Lipinski definition) is 4. The Morgan fingerprint density at radius 1 is 1.07 bits per heavy atom. The zero-order valence-corrected chi connectivity index (χ0v) is 16.2. The molecule has 1 amide bonds. The van der Waals surface area contributed by atoms with E-state index in [2.05, 4.69) is 5.32 Å². The summed E-state index contributed by atoms with van der Waals surface area (Å²) in [6.45, 7) is 5.23. The maximum atomic E-state index is 12.8. The average Bonchev–Trinajstić information content (AvgIpc) is 2.67. The van der Waals surface area contributed by atoms with E-state index in [4.69, 9.17) is 9.47 Å². The SMILES string of the molecule is CC[C@@H](C)OC(=O)[C@H](C)Oc1ccc(C(=O)Nc2cccc(C(F)(F)F)c2)cc1. The third kappa shape index (κ3) is 6.51. The van der Waals surface area contributed by atoms with Crippen LogP contribution in [0.5, 0.6) is 5.75 Å². The minimum Gasteiger partial charge on any atom is -0.479 e. The molecule has 0 saturated heterocycles. The quantitative estimate of drug-likeness (QED) is 0.649. The Kier molecular flexibility index (Phi) is 7.25. The van der Waals surface area contributed by atoms with Gasteiger partial charge in [-0.05, 0) is 62.7 Å². The van der Waals surface area contributed by atoms with Crippen LogP contribution in [-0.2, 0) is 15.7 Å². The molecule has 0 saturated carbocycles. The first-order valence-corrected chi connectivity index (χ1v) is 9.06. The molecule has 0 aliphatic carbocycles. The van der Waals surface area contributed by atoms with Gasteiger partial charge >= 0.3 is 12.1 Å². The van der Waals surface area contributed by atoms with Crippen LogP contribution < -0.4 is 10.1 Å². The molecule has 2 atom stereocenters. The summed E-state index contributed by atoms with van der Waals surface area (Å²) in [6.07, 6.45) is -4.84. The van der Waals surface area contributed by atoms with Crippen LogP contribution >= 0.6 is 0 Å². The van der Waals surface area contributed by atoms with E-state index < -0.39 is 29.7 Å². The molecule has 2 rings (SSSR count). The smallest absolute Gasteiger partial charge is 0.416 e. The van der Waals surface area contributed by atoms with Gasteiger partial charge in [0.25, 0.3) is 5.91 Å². The summed E-state index contributed by atoms with van der Waals surface area (Å²) in [5.74, 6) is -0.708. The van der Waals surface area contributed by atoms with Crippen LogP contribution in [0.4, 0.5) is 18.9 Å². The van der Waals surface area contributed by atoms with Crippen molar-refractivity contribution in [2.45, 2.75) is 45.6 Å². The van der Waals surface area contributed by atoms with Crippen LogP contribution in [-0.4, -0.2) is 24.1 Å². The number of benzene rings is 2. The van der Waals surface area contributed by atoms with Gasteiger partial charge in [0.1, 0.15) is 5.75 Å². The van der Waals surface area contributed by atoms with Gasteiger partial charge in [-0.1, -0.05) is 13.0 Å². The number of anilines is 1. The zero-order chi connectivity index (χ0) is 21.6. The second-order valence-corrected chi connectivity index (χ2v) is 6.47. The summed E-state index contributed by atoms with van der Waals surface area (Å²) in [5.41, 5.74) is -0.589. The number of rotatable bonds is 7. The van der Waals surface area contributed by atoms with Gasteiger partial charge < -0.3 is 14.8 Å². The molecule has 0 heterocycles. The van der Waals surface area contributed by atoms with Crippen molar-refractivity contribution in [2.75, 3.05) is 5.32 Å². The minimum absolute atomic E-state index is 0.0339. The highest BCUT2D eigenvalue weighted by molar-refractivity contribution is 6.04. The van der Waals surface area contributed by atoms with Gasteiger partial charge in [0.05, 0.1) is 11.7 Å². The van der Waals surface area contributed by atoms with E-state index >= 15 is 0 Å². The Morgan fingerprint density at radius 2 is 1.72 bits per heavy atom. The summed E-state index contributed by atoms with van der Waals surface area (Å²) >= 11 is 0. The zero-order valence-electron chi connectivity index (χ0n) is 16.2. The van der Waals surface area contributed by atoms with Gasteiger partial charge in [0, 0.05) is 11.3 Å². The van der Waals surface area contributed by atoms with E-state index in [-0.39, 0.29) is 17.4 Å². The number of halogens is 3. The Balaban J connectivity index is 1.99. The fraction of sp³-hybridized carbons (Fsp3) is 0.333. The number of ether oxygens (including phenoxy) is 2. The molecule has 0 aliphatic heterocycles. The molecule has 0 fully saturated rings. The molecule has 0 spiro atoms. The summed E-state index contributed by atoms with van der Waals surface area (Å²) < 4.78 is 49.0. The van der Waals surface area contributed by atoms with Crippen molar-refractivity contribution in [1.82, 2.24) is 0 Å². The first-order valence-electron chi connectivity index (χ1n) is 9.06. The standard InChI is InChI=1S/C21H22F3NO4/c1-4-13(2)28-20(27)14(3)29-18-10-8-15(9-11-18)19(26)25-17-7-5-6-16(12-17)21(22,23)24/h5-14H,4H2,1-3H3,(H,25,26)/t13-,14+/m1/s1. The molecule has 2 aromatic rings. The predicted molar refractivity (Wildman–Crippen MR) is 102 cm³/mol. The van der Waals surface area contributed by atoms with Crippen molar-refractivity contribution >= 4 is 17.6 Å². The van der Waals surface area contributed by atoms with E-state index in [1.807, 2.05) is 6.92 Å². The van der Waals surface area contributed by atoms with Gasteiger partial charge in [-0.2, -0.15) is 13.2 Å². The Hall–Kier alpha value is -3.03. The van der Waals surface area contributed by atoms with Gasteiger partial charge in [-0.25, -0.2) is 4.79 Å². The second-order valence-electron chi connectivity index (χ2n) is 6.47. The first-order chi connectivity index (χ1) is 13.6. The number of amides is 1. The summed E-state index contributed by atoms with van der Waals surface area (Å²) in [6, 6.07) is 10.3. The number of carbonyl (C=O) groups excluding carboxylic acids is 2. The minimum atomic E-state index is -4.49. The van der Waals surface area contributed by atoms with Gasteiger partial charge in [0.15, 0.2) is 6.10 Å². The van der Waals surface area contributed by atoms with Crippen molar-refractivity contribution in [2.24, 2.45) is 0 Å². The lowest BCUT2D eigenvalue weighted by Gasteiger charge is -2.17. The highest BCUT2D eigenvalue weighted by atomic mass is 19.4. The lowest BCUT2D eigenvalue weighted by Crippen LogP contribution is -2.29. The van der Waals surface area contributed by atoms with E-state index in [0.717, 1.165) is 12.1 Å². The highest BCUT2D eigenvalue weighted by Crippen LogP contribution is 2.30. The average molecular weight is 409 g/mol. The van der Waals surface area contributed by atoms with E-state index in [1.165, 1.54) is 36.4 Å². The summed E-state index contributed by atoms with van der Waals surface area (Å²) in [5, 5.41) is 2.42. The van der Waals surface area contributed by atoms with E-state index in [9.17, 15) is 22.8 Å². The van der Waals surface area contributed by atoms with Crippen molar-refractivity contribution in [3.05, 3.63) is 59.7 Å². The van der Waals surface area contributed by atoms with Crippen LogP contribution in [0.15, 0.2) is 48.5 Å². The van der Waals surface area contributed by atoms with Crippen LogP contribution in [0, 0.1) is 0 Å². The number of alkyl halides is 3. The highest BCUT2D eigenvalue weighted by Gasteiger charge is 2.30. The second kappa shape index (κ2) is 9.45. The molecule has 0 unspecified atom stereocenters. The molecule has 0 bridgehead atoms. The molecule has 0 aromatic heterocycles.